The number of carbonyl (C=O) groups is 1. The average molecular weight is 257 g/mol. The lowest BCUT2D eigenvalue weighted by atomic mass is 10.1. The molecule has 0 aromatic heterocycles. The van der Waals surface area contributed by atoms with Crippen LogP contribution in [-0.4, -0.2) is 55.2 Å². The molecule has 2 unspecified atom stereocenters. The summed E-state index contributed by atoms with van der Waals surface area (Å²) in [5.74, 6) is -0.260. The van der Waals surface area contributed by atoms with Gasteiger partial charge < -0.3 is 15.8 Å². The fourth-order valence-corrected chi connectivity index (χ4v) is 2.25. The number of carbonyl (C=O) groups excluding carboxylic acids is 1. The zero-order chi connectivity index (χ0) is 13.5. The maximum atomic E-state index is 11.3. The maximum Gasteiger partial charge on any atom is 0.234 e. The highest BCUT2D eigenvalue weighted by Crippen LogP contribution is 2.09. The van der Waals surface area contributed by atoms with Gasteiger partial charge in [-0.05, 0) is 12.8 Å². The van der Waals surface area contributed by atoms with Crippen LogP contribution in [0.15, 0.2) is 0 Å². The zero-order valence-electron chi connectivity index (χ0n) is 11.8. The van der Waals surface area contributed by atoms with Gasteiger partial charge in [-0.15, -0.1) is 0 Å². The van der Waals surface area contributed by atoms with E-state index >= 15 is 0 Å². The number of hydrogen-bond acceptors (Lipinski definition) is 4. The molecule has 0 radical (unpaired) electrons. The number of morpholine rings is 1. The summed E-state index contributed by atoms with van der Waals surface area (Å²) >= 11 is 0. The van der Waals surface area contributed by atoms with Crippen molar-refractivity contribution in [2.24, 2.45) is 5.73 Å². The van der Waals surface area contributed by atoms with Gasteiger partial charge in [0.15, 0.2) is 0 Å². The van der Waals surface area contributed by atoms with Crippen molar-refractivity contribution in [2.75, 3.05) is 26.2 Å². The first-order valence-electron chi connectivity index (χ1n) is 6.92. The van der Waals surface area contributed by atoms with Crippen LogP contribution in [0.2, 0.25) is 0 Å². The molecule has 18 heavy (non-hydrogen) atoms. The van der Waals surface area contributed by atoms with E-state index < -0.39 is 0 Å². The van der Waals surface area contributed by atoms with Gasteiger partial charge in [0.1, 0.15) is 0 Å². The molecule has 0 aromatic rings. The molecule has 0 aliphatic carbocycles. The Bertz CT molecular complexity index is 259. The van der Waals surface area contributed by atoms with Gasteiger partial charge >= 0.3 is 0 Å². The standard InChI is InChI=1S/C13H27N3O2/c1-4-11-9-16(7-8-18-11)6-5-12(13(14)17)15-10(2)3/h10-12,15H,4-9H2,1-3H3,(H2,14,17). The highest BCUT2D eigenvalue weighted by Gasteiger charge is 2.21. The largest absolute Gasteiger partial charge is 0.376 e. The van der Waals surface area contributed by atoms with Crippen LogP contribution in [0.4, 0.5) is 0 Å². The molecule has 3 N–H and O–H groups in total. The predicted molar refractivity (Wildman–Crippen MR) is 72.3 cm³/mol. The normalized spacial score (nSPS) is 23.2. The Balaban J connectivity index is 2.34. The number of nitrogens with one attached hydrogen (secondary N) is 1. The second-order valence-corrected chi connectivity index (χ2v) is 5.27. The molecule has 5 nitrogen and oxygen atoms in total. The maximum absolute atomic E-state index is 11.3. The van der Waals surface area contributed by atoms with Crippen molar-refractivity contribution in [1.29, 1.82) is 0 Å². The van der Waals surface area contributed by atoms with E-state index in [0.29, 0.717) is 6.10 Å². The van der Waals surface area contributed by atoms with E-state index in [9.17, 15) is 4.79 Å². The molecule has 1 aliphatic heterocycles. The number of amides is 1. The van der Waals surface area contributed by atoms with Crippen LogP contribution in [0.5, 0.6) is 0 Å². The van der Waals surface area contributed by atoms with Gasteiger partial charge in [-0.25, -0.2) is 0 Å². The Labute approximate surface area is 110 Å². The minimum absolute atomic E-state index is 0.229. The molecule has 1 rings (SSSR count). The summed E-state index contributed by atoms with van der Waals surface area (Å²) in [6.07, 6.45) is 2.15. The molecule has 5 heteroatoms. The van der Waals surface area contributed by atoms with Crippen LogP contribution in [-0.2, 0) is 9.53 Å². The van der Waals surface area contributed by atoms with Gasteiger partial charge in [-0.2, -0.15) is 0 Å². The smallest absolute Gasteiger partial charge is 0.234 e. The molecule has 106 valence electrons. The summed E-state index contributed by atoms with van der Waals surface area (Å²) < 4.78 is 5.63. The van der Waals surface area contributed by atoms with Crippen molar-refractivity contribution in [3.05, 3.63) is 0 Å². The van der Waals surface area contributed by atoms with Crippen molar-refractivity contribution < 1.29 is 9.53 Å². The van der Waals surface area contributed by atoms with Crippen LogP contribution in [0.1, 0.15) is 33.6 Å². The number of ether oxygens (including phenoxy) is 1. The number of nitrogens with two attached hydrogens (primary N) is 1. The zero-order valence-corrected chi connectivity index (χ0v) is 11.8. The Morgan fingerprint density at radius 2 is 2.28 bits per heavy atom. The first-order chi connectivity index (χ1) is 8.52. The Morgan fingerprint density at radius 3 is 2.83 bits per heavy atom. The molecule has 1 heterocycles. The number of primary amides is 1. The van der Waals surface area contributed by atoms with Crippen LogP contribution in [0, 0.1) is 0 Å². The van der Waals surface area contributed by atoms with Gasteiger partial charge in [-0.3, -0.25) is 9.69 Å². The summed E-state index contributed by atoms with van der Waals surface area (Å²) in [5, 5.41) is 3.21. The third-order valence-electron chi connectivity index (χ3n) is 3.29. The van der Waals surface area contributed by atoms with E-state index in [0.717, 1.165) is 39.1 Å². The predicted octanol–water partition coefficient (Wildman–Crippen LogP) is 0.339. The topological polar surface area (TPSA) is 67.6 Å². The van der Waals surface area contributed by atoms with Gasteiger partial charge in [0.2, 0.25) is 5.91 Å². The number of hydrogen-bond donors (Lipinski definition) is 2. The summed E-state index contributed by atoms with van der Waals surface area (Å²) in [7, 11) is 0. The van der Waals surface area contributed by atoms with E-state index in [-0.39, 0.29) is 18.0 Å². The summed E-state index contributed by atoms with van der Waals surface area (Å²) in [6, 6.07) is 0.0449. The van der Waals surface area contributed by atoms with Gasteiger partial charge in [-0.1, -0.05) is 20.8 Å². The van der Waals surface area contributed by atoms with Crippen LogP contribution in [0.25, 0.3) is 0 Å². The summed E-state index contributed by atoms with van der Waals surface area (Å²) in [6.45, 7) is 9.79. The van der Waals surface area contributed by atoms with E-state index in [1.807, 2.05) is 13.8 Å². The fourth-order valence-electron chi connectivity index (χ4n) is 2.25. The third kappa shape index (κ3) is 5.33. The molecule has 1 amide bonds. The quantitative estimate of drug-likeness (QED) is 0.690. The van der Waals surface area contributed by atoms with E-state index in [1.54, 1.807) is 0 Å². The van der Waals surface area contributed by atoms with Crippen molar-refractivity contribution in [3.63, 3.8) is 0 Å². The molecule has 1 fully saturated rings. The molecule has 1 aliphatic rings. The molecule has 1 saturated heterocycles. The lowest BCUT2D eigenvalue weighted by Gasteiger charge is -2.33. The van der Waals surface area contributed by atoms with E-state index in [4.69, 9.17) is 10.5 Å². The Morgan fingerprint density at radius 1 is 1.56 bits per heavy atom. The van der Waals surface area contributed by atoms with Crippen LogP contribution in [0.3, 0.4) is 0 Å². The summed E-state index contributed by atoms with van der Waals surface area (Å²) in [4.78, 5) is 13.7. The SMILES string of the molecule is CCC1CN(CCC(NC(C)C)C(N)=O)CCO1. The highest BCUT2D eigenvalue weighted by atomic mass is 16.5. The first kappa shape index (κ1) is 15.4. The van der Waals surface area contributed by atoms with E-state index in [2.05, 4.69) is 17.1 Å². The lowest BCUT2D eigenvalue weighted by molar-refractivity contribution is -0.120. The Kier molecular flexibility index (Phi) is 6.60. The molecule has 2 atom stereocenters. The molecule has 0 bridgehead atoms. The van der Waals surface area contributed by atoms with E-state index in [1.165, 1.54) is 0 Å². The second-order valence-electron chi connectivity index (χ2n) is 5.27. The minimum Gasteiger partial charge on any atom is -0.376 e. The molecule has 0 saturated carbocycles. The summed E-state index contributed by atoms with van der Waals surface area (Å²) in [5.41, 5.74) is 5.41. The lowest BCUT2D eigenvalue weighted by Crippen LogP contribution is -2.48. The van der Waals surface area contributed by atoms with Crippen molar-refractivity contribution >= 4 is 5.91 Å². The molecular formula is C13H27N3O2. The van der Waals surface area contributed by atoms with Crippen LogP contribution < -0.4 is 11.1 Å². The molecule has 0 aromatic carbocycles. The second kappa shape index (κ2) is 7.71. The number of rotatable bonds is 7. The first-order valence-corrected chi connectivity index (χ1v) is 6.92. The molecule has 0 spiro atoms. The van der Waals surface area contributed by atoms with Crippen molar-refractivity contribution in [3.8, 4) is 0 Å². The highest BCUT2D eigenvalue weighted by molar-refractivity contribution is 5.79. The minimum atomic E-state index is -0.260. The Hall–Kier alpha value is -0.650. The monoisotopic (exact) mass is 257 g/mol. The van der Waals surface area contributed by atoms with Gasteiger partial charge in [0.05, 0.1) is 18.8 Å². The van der Waals surface area contributed by atoms with Gasteiger partial charge in [0, 0.05) is 25.7 Å². The van der Waals surface area contributed by atoms with Crippen molar-refractivity contribution in [2.45, 2.75) is 51.8 Å². The van der Waals surface area contributed by atoms with Crippen molar-refractivity contribution in [1.82, 2.24) is 10.2 Å². The third-order valence-corrected chi connectivity index (χ3v) is 3.29. The molecular weight excluding hydrogens is 230 g/mol. The van der Waals surface area contributed by atoms with Gasteiger partial charge in [0.25, 0.3) is 0 Å². The van der Waals surface area contributed by atoms with Crippen LogP contribution >= 0.6 is 0 Å². The fraction of sp³-hybridized carbons (Fsp3) is 0.923. The average Bonchev–Trinajstić information content (AvgIpc) is 2.34. The number of nitrogens with zero attached hydrogens (tertiary/aromatic N) is 1.